The average molecular weight is 289 g/mol. The molecule has 1 heterocycles. The van der Waals surface area contributed by atoms with Gasteiger partial charge in [0.25, 0.3) is 0 Å². The lowest BCUT2D eigenvalue weighted by atomic mass is 9.85. The Labute approximate surface area is 125 Å². The Morgan fingerprint density at radius 2 is 2.24 bits per heavy atom. The summed E-state index contributed by atoms with van der Waals surface area (Å²) in [6.45, 7) is 2.68. The Morgan fingerprint density at radius 3 is 3.10 bits per heavy atom. The molecule has 1 fully saturated rings. The summed E-state index contributed by atoms with van der Waals surface area (Å²) >= 11 is 0. The molecule has 1 N–H and O–H groups in total. The van der Waals surface area contributed by atoms with E-state index in [1.54, 1.807) is 0 Å². The van der Waals surface area contributed by atoms with Gasteiger partial charge in [0.2, 0.25) is 6.10 Å². The lowest BCUT2D eigenvalue weighted by molar-refractivity contribution is -0.159. The smallest absolute Gasteiger partial charge is 0.349 e. The van der Waals surface area contributed by atoms with Crippen molar-refractivity contribution >= 4 is 11.7 Å². The maximum absolute atomic E-state index is 12.3. The van der Waals surface area contributed by atoms with Crippen molar-refractivity contribution in [3.63, 3.8) is 0 Å². The molecule has 0 spiro atoms. The predicted octanol–water partition coefficient (Wildman–Crippen LogP) is 3.37. The Kier molecular flexibility index (Phi) is 4.32. The molecule has 1 saturated carbocycles. The fourth-order valence-electron chi connectivity index (χ4n) is 3.20. The monoisotopic (exact) mass is 289 g/mol. The number of rotatable bonds is 3. The number of hydrogen-bond acceptors (Lipinski definition) is 4. The third-order valence-corrected chi connectivity index (χ3v) is 4.49. The van der Waals surface area contributed by atoms with Crippen molar-refractivity contribution in [1.82, 2.24) is 0 Å². The van der Waals surface area contributed by atoms with Crippen LogP contribution in [-0.4, -0.2) is 24.7 Å². The number of nitrogens with one attached hydrogen (secondary N) is 1. The molecule has 1 aromatic carbocycles. The van der Waals surface area contributed by atoms with E-state index in [1.807, 2.05) is 24.3 Å². The molecule has 1 aromatic rings. The third kappa shape index (κ3) is 3.31. The Balaban J connectivity index is 1.57. The molecule has 4 heteroatoms. The van der Waals surface area contributed by atoms with Gasteiger partial charge < -0.3 is 14.8 Å². The van der Waals surface area contributed by atoms with Gasteiger partial charge in [-0.15, -0.1) is 0 Å². The highest BCUT2D eigenvalue weighted by Crippen LogP contribution is 2.31. The van der Waals surface area contributed by atoms with Crippen LogP contribution < -0.4 is 10.1 Å². The van der Waals surface area contributed by atoms with E-state index in [0.717, 1.165) is 30.7 Å². The standard InChI is InChI=1S/C17H23NO3/c1-2-12-6-5-7-13(10-12)20-17(19)16-11-18-14-8-3-4-9-15(14)21-16/h3-4,8-9,12-13,16,18H,2,5-7,10-11H2,1H3. The molecule has 1 aliphatic heterocycles. The quantitative estimate of drug-likeness (QED) is 0.867. The first-order valence-corrected chi connectivity index (χ1v) is 7.96. The van der Waals surface area contributed by atoms with E-state index in [2.05, 4.69) is 12.2 Å². The molecule has 3 unspecified atom stereocenters. The van der Waals surface area contributed by atoms with Gasteiger partial charge in [-0.05, 0) is 37.3 Å². The second-order valence-electron chi connectivity index (χ2n) is 5.98. The molecule has 0 aromatic heterocycles. The van der Waals surface area contributed by atoms with Crippen LogP contribution in [-0.2, 0) is 9.53 Å². The molecule has 1 aliphatic carbocycles. The highest BCUT2D eigenvalue weighted by atomic mass is 16.6. The van der Waals surface area contributed by atoms with E-state index < -0.39 is 6.10 Å². The van der Waals surface area contributed by atoms with E-state index in [1.165, 1.54) is 12.8 Å². The van der Waals surface area contributed by atoms with Gasteiger partial charge in [0.1, 0.15) is 11.9 Å². The molecule has 2 aliphatic rings. The van der Waals surface area contributed by atoms with Crippen LogP contribution in [0.2, 0.25) is 0 Å². The normalized spacial score (nSPS) is 28.0. The molecule has 0 saturated heterocycles. The Hall–Kier alpha value is -1.71. The fourth-order valence-corrected chi connectivity index (χ4v) is 3.20. The minimum absolute atomic E-state index is 0.0666. The van der Waals surface area contributed by atoms with Gasteiger partial charge in [-0.2, -0.15) is 0 Å². The van der Waals surface area contributed by atoms with Crippen LogP contribution in [0.25, 0.3) is 0 Å². The largest absolute Gasteiger partial charge is 0.475 e. The highest BCUT2D eigenvalue weighted by molar-refractivity contribution is 5.78. The van der Waals surface area contributed by atoms with Gasteiger partial charge in [-0.1, -0.05) is 31.9 Å². The summed E-state index contributed by atoms with van der Waals surface area (Å²) in [6, 6.07) is 7.67. The van der Waals surface area contributed by atoms with E-state index in [4.69, 9.17) is 9.47 Å². The molecule has 114 valence electrons. The molecular weight excluding hydrogens is 266 g/mol. The van der Waals surface area contributed by atoms with Crippen molar-refractivity contribution in [2.24, 2.45) is 5.92 Å². The summed E-state index contributed by atoms with van der Waals surface area (Å²) < 4.78 is 11.4. The average Bonchev–Trinajstić information content (AvgIpc) is 2.54. The van der Waals surface area contributed by atoms with Gasteiger partial charge in [0.15, 0.2) is 0 Å². The summed E-state index contributed by atoms with van der Waals surface area (Å²) in [4.78, 5) is 12.3. The van der Waals surface area contributed by atoms with Crippen molar-refractivity contribution in [1.29, 1.82) is 0 Å². The maximum Gasteiger partial charge on any atom is 0.349 e. The van der Waals surface area contributed by atoms with Gasteiger partial charge in [-0.3, -0.25) is 0 Å². The Bertz CT molecular complexity index is 503. The lowest BCUT2D eigenvalue weighted by Crippen LogP contribution is -2.41. The summed E-state index contributed by atoms with van der Waals surface area (Å²) in [5.41, 5.74) is 0.935. The maximum atomic E-state index is 12.3. The van der Waals surface area contributed by atoms with Crippen LogP contribution in [0.4, 0.5) is 5.69 Å². The number of ether oxygens (including phenoxy) is 2. The fraction of sp³-hybridized carbons (Fsp3) is 0.588. The zero-order chi connectivity index (χ0) is 14.7. The number of carbonyl (C=O) groups is 1. The molecule has 21 heavy (non-hydrogen) atoms. The van der Waals surface area contributed by atoms with Crippen LogP contribution in [0, 0.1) is 5.92 Å². The number of anilines is 1. The topological polar surface area (TPSA) is 47.6 Å². The zero-order valence-electron chi connectivity index (χ0n) is 12.5. The number of benzene rings is 1. The van der Waals surface area contributed by atoms with E-state index >= 15 is 0 Å². The van der Waals surface area contributed by atoms with Crippen molar-refractivity contribution < 1.29 is 14.3 Å². The number of fused-ring (bicyclic) bond motifs is 1. The highest BCUT2D eigenvalue weighted by Gasteiger charge is 2.31. The van der Waals surface area contributed by atoms with Crippen LogP contribution in [0.15, 0.2) is 24.3 Å². The van der Waals surface area contributed by atoms with Gasteiger partial charge in [0, 0.05) is 0 Å². The number of hydrogen-bond donors (Lipinski definition) is 1. The summed E-state index contributed by atoms with van der Waals surface area (Å²) in [5, 5.41) is 3.22. The number of esters is 1. The molecular formula is C17H23NO3. The minimum atomic E-state index is -0.540. The molecule has 0 amide bonds. The predicted molar refractivity (Wildman–Crippen MR) is 81.5 cm³/mol. The summed E-state index contributed by atoms with van der Waals surface area (Å²) in [7, 11) is 0. The van der Waals surface area contributed by atoms with Crippen LogP contribution in [0.5, 0.6) is 5.75 Å². The van der Waals surface area contributed by atoms with E-state index in [9.17, 15) is 4.79 Å². The minimum Gasteiger partial charge on any atom is -0.475 e. The summed E-state index contributed by atoms with van der Waals surface area (Å²) in [6.07, 6.45) is 5.10. The van der Waals surface area contributed by atoms with Crippen LogP contribution in [0.3, 0.4) is 0 Å². The van der Waals surface area contributed by atoms with E-state index in [0.29, 0.717) is 12.5 Å². The van der Waals surface area contributed by atoms with Crippen molar-refractivity contribution in [3.8, 4) is 5.75 Å². The zero-order valence-corrected chi connectivity index (χ0v) is 12.5. The number of carbonyl (C=O) groups excluding carboxylic acids is 1. The Morgan fingerprint density at radius 1 is 1.38 bits per heavy atom. The first-order valence-electron chi connectivity index (χ1n) is 7.96. The number of para-hydroxylation sites is 2. The molecule has 0 radical (unpaired) electrons. The molecule has 3 rings (SSSR count). The van der Waals surface area contributed by atoms with Crippen molar-refractivity contribution in [2.75, 3.05) is 11.9 Å². The van der Waals surface area contributed by atoms with Crippen molar-refractivity contribution in [3.05, 3.63) is 24.3 Å². The molecule has 4 nitrogen and oxygen atoms in total. The second-order valence-corrected chi connectivity index (χ2v) is 5.98. The second kappa shape index (κ2) is 6.37. The third-order valence-electron chi connectivity index (χ3n) is 4.49. The van der Waals surface area contributed by atoms with Crippen molar-refractivity contribution in [2.45, 2.75) is 51.2 Å². The van der Waals surface area contributed by atoms with Crippen LogP contribution >= 0.6 is 0 Å². The summed E-state index contributed by atoms with van der Waals surface area (Å²) in [5.74, 6) is 1.18. The molecule has 3 atom stereocenters. The van der Waals surface area contributed by atoms with Gasteiger partial charge in [-0.25, -0.2) is 4.79 Å². The first-order chi connectivity index (χ1) is 10.3. The molecule has 0 bridgehead atoms. The lowest BCUT2D eigenvalue weighted by Gasteiger charge is -2.31. The van der Waals surface area contributed by atoms with Gasteiger partial charge >= 0.3 is 5.97 Å². The van der Waals surface area contributed by atoms with Gasteiger partial charge in [0.05, 0.1) is 12.2 Å². The first kappa shape index (κ1) is 14.2. The van der Waals surface area contributed by atoms with E-state index in [-0.39, 0.29) is 12.1 Å². The SMILES string of the molecule is CCC1CCCC(OC(=O)C2CNc3ccccc3O2)C1. The van der Waals surface area contributed by atoms with Crippen LogP contribution in [0.1, 0.15) is 39.0 Å².